The Labute approximate surface area is 90.3 Å². The first kappa shape index (κ1) is 9.91. The maximum atomic E-state index is 3.57. The standard InChI is InChI=1S/C12H17NS/c1-9(10-6-7-10)13-11-4-3-5-12(8-11)14-2/h3-5,8-10,13H,6-7H2,1-2H3. The molecule has 1 aromatic carbocycles. The largest absolute Gasteiger partial charge is 0.382 e. The number of hydrogen-bond donors (Lipinski definition) is 1. The number of nitrogens with one attached hydrogen (secondary N) is 1. The topological polar surface area (TPSA) is 12.0 Å². The van der Waals surface area contributed by atoms with Crippen LogP contribution in [0.5, 0.6) is 0 Å². The molecule has 0 amide bonds. The summed E-state index contributed by atoms with van der Waals surface area (Å²) in [6, 6.07) is 9.28. The maximum Gasteiger partial charge on any atom is 0.0353 e. The quantitative estimate of drug-likeness (QED) is 0.757. The van der Waals surface area contributed by atoms with Crippen LogP contribution in [0.25, 0.3) is 0 Å². The molecular formula is C12H17NS. The molecule has 1 aliphatic rings. The van der Waals surface area contributed by atoms with Crippen LogP contribution in [0, 0.1) is 5.92 Å². The van der Waals surface area contributed by atoms with Gasteiger partial charge < -0.3 is 5.32 Å². The summed E-state index contributed by atoms with van der Waals surface area (Å²) in [6.45, 7) is 2.28. The molecule has 0 spiro atoms. The lowest BCUT2D eigenvalue weighted by Crippen LogP contribution is -2.16. The smallest absolute Gasteiger partial charge is 0.0353 e. The fourth-order valence-corrected chi connectivity index (χ4v) is 2.15. The lowest BCUT2D eigenvalue weighted by Gasteiger charge is -2.14. The van der Waals surface area contributed by atoms with Gasteiger partial charge in [-0.05, 0) is 50.1 Å². The molecule has 0 saturated heterocycles. The van der Waals surface area contributed by atoms with Crippen LogP contribution in [0.3, 0.4) is 0 Å². The molecule has 1 atom stereocenters. The van der Waals surface area contributed by atoms with Gasteiger partial charge in [0.25, 0.3) is 0 Å². The average molecular weight is 207 g/mol. The summed E-state index contributed by atoms with van der Waals surface area (Å²) in [4.78, 5) is 1.33. The molecule has 76 valence electrons. The van der Waals surface area contributed by atoms with Crippen molar-refractivity contribution < 1.29 is 0 Å². The SMILES string of the molecule is CSc1cccc(NC(C)C2CC2)c1. The average Bonchev–Trinajstić information content (AvgIpc) is 3.01. The van der Waals surface area contributed by atoms with Gasteiger partial charge in [-0.15, -0.1) is 11.8 Å². The molecule has 14 heavy (non-hydrogen) atoms. The number of anilines is 1. The van der Waals surface area contributed by atoms with Crippen LogP contribution in [0.1, 0.15) is 19.8 Å². The van der Waals surface area contributed by atoms with Crippen molar-refractivity contribution >= 4 is 17.4 Å². The van der Waals surface area contributed by atoms with Crippen LogP contribution in [0.4, 0.5) is 5.69 Å². The number of hydrogen-bond acceptors (Lipinski definition) is 2. The molecule has 1 saturated carbocycles. The van der Waals surface area contributed by atoms with E-state index in [0.717, 1.165) is 5.92 Å². The minimum absolute atomic E-state index is 0.632. The molecule has 1 fully saturated rings. The van der Waals surface area contributed by atoms with Crippen molar-refractivity contribution in [1.29, 1.82) is 0 Å². The van der Waals surface area contributed by atoms with Crippen molar-refractivity contribution in [2.45, 2.75) is 30.7 Å². The molecule has 1 aromatic rings. The minimum atomic E-state index is 0.632. The molecular weight excluding hydrogens is 190 g/mol. The van der Waals surface area contributed by atoms with Gasteiger partial charge in [-0.3, -0.25) is 0 Å². The molecule has 0 radical (unpaired) electrons. The van der Waals surface area contributed by atoms with Gasteiger partial charge in [-0.2, -0.15) is 0 Å². The second kappa shape index (κ2) is 4.26. The highest BCUT2D eigenvalue weighted by Gasteiger charge is 2.27. The summed E-state index contributed by atoms with van der Waals surface area (Å²) in [5, 5.41) is 3.57. The van der Waals surface area contributed by atoms with E-state index in [-0.39, 0.29) is 0 Å². The molecule has 0 bridgehead atoms. The minimum Gasteiger partial charge on any atom is -0.382 e. The molecule has 0 aliphatic heterocycles. The van der Waals surface area contributed by atoms with E-state index in [1.54, 1.807) is 11.8 Å². The number of benzene rings is 1. The molecule has 1 nitrogen and oxygen atoms in total. The number of thioether (sulfide) groups is 1. The summed E-state index contributed by atoms with van der Waals surface area (Å²) < 4.78 is 0. The van der Waals surface area contributed by atoms with Gasteiger partial charge in [-0.25, -0.2) is 0 Å². The van der Waals surface area contributed by atoms with E-state index >= 15 is 0 Å². The number of rotatable bonds is 4. The lowest BCUT2D eigenvalue weighted by atomic mass is 10.2. The Kier molecular flexibility index (Phi) is 3.02. The summed E-state index contributed by atoms with van der Waals surface area (Å²) in [5.41, 5.74) is 1.26. The molecule has 1 N–H and O–H groups in total. The third-order valence-corrected chi connectivity index (χ3v) is 3.52. The Bertz CT molecular complexity index is 307. The van der Waals surface area contributed by atoms with Gasteiger partial charge >= 0.3 is 0 Å². The van der Waals surface area contributed by atoms with E-state index in [0.29, 0.717) is 6.04 Å². The van der Waals surface area contributed by atoms with Gasteiger partial charge in [0, 0.05) is 16.6 Å². The van der Waals surface area contributed by atoms with Gasteiger partial charge in [0.05, 0.1) is 0 Å². The third-order valence-electron chi connectivity index (χ3n) is 2.79. The third kappa shape index (κ3) is 2.44. The van der Waals surface area contributed by atoms with Crippen molar-refractivity contribution in [3.8, 4) is 0 Å². The highest BCUT2D eigenvalue weighted by molar-refractivity contribution is 7.98. The zero-order valence-corrected chi connectivity index (χ0v) is 9.60. The zero-order chi connectivity index (χ0) is 9.97. The van der Waals surface area contributed by atoms with Crippen molar-refractivity contribution in [1.82, 2.24) is 0 Å². The molecule has 1 aliphatic carbocycles. The highest BCUT2D eigenvalue weighted by atomic mass is 32.2. The second-order valence-electron chi connectivity index (χ2n) is 4.00. The predicted molar refractivity (Wildman–Crippen MR) is 64.0 cm³/mol. The van der Waals surface area contributed by atoms with Crippen molar-refractivity contribution in [3.05, 3.63) is 24.3 Å². The fourth-order valence-electron chi connectivity index (χ4n) is 1.69. The van der Waals surface area contributed by atoms with E-state index in [9.17, 15) is 0 Å². The fraction of sp³-hybridized carbons (Fsp3) is 0.500. The first-order valence-corrected chi connectivity index (χ1v) is 6.42. The van der Waals surface area contributed by atoms with Crippen molar-refractivity contribution in [2.24, 2.45) is 5.92 Å². The highest BCUT2D eigenvalue weighted by Crippen LogP contribution is 2.34. The Balaban J connectivity index is 2.00. The van der Waals surface area contributed by atoms with Gasteiger partial charge in [0.2, 0.25) is 0 Å². The zero-order valence-electron chi connectivity index (χ0n) is 8.79. The van der Waals surface area contributed by atoms with Crippen LogP contribution >= 0.6 is 11.8 Å². The van der Waals surface area contributed by atoms with Crippen LogP contribution in [-0.4, -0.2) is 12.3 Å². The van der Waals surface area contributed by atoms with E-state index in [4.69, 9.17) is 0 Å². The monoisotopic (exact) mass is 207 g/mol. The van der Waals surface area contributed by atoms with Gasteiger partial charge in [-0.1, -0.05) is 6.07 Å². The molecule has 1 unspecified atom stereocenters. The Morgan fingerprint density at radius 3 is 2.86 bits per heavy atom. The van der Waals surface area contributed by atoms with Crippen molar-refractivity contribution in [2.75, 3.05) is 11.6 Å². The Morgan fingerprint density at radius 1 is 1.43 bits per heavy atom. The van der Waals surface area contributed by atoms with Crippen molar-refractivity contribution in [3.63, 3.8) is 0 Å². The van der Waals surface area contributed by atoms with Gasteiger partial charge in [0.1, 0.15) is 0 Å². The normalized spacial score (nSPS) is 17.9. The Morgan fingerprint density at radius 2 is 2.21 bits per heavy atom. The van der Waals surface area contributed by atoms with E-state index < -0.39 is 0 Å². The first-order valence-electron chi connectivity index (χ1n) is 5.20. The first-order chi connectivity index (χ1) is 6.79. The Hall–Kier alpha value is -0.630. The predicted octanol–water partition coefficient (Wildman–Crippen LogP) is 3.62. The summed E-state index contributed by atoms with van der Waals surface area (Å²) in [7, 11) is 0. The van der Waals surface area contributed by atoms with E-state index in [1.165, 1.54) is 23.4 Å². The maximum absolute atomic E-state index is 3.57. The van der Waals surface area contributed by atoms with E-state index in [2.05, 4.69) is 42.8 Å². The summed E-state index contributed by atoms with van der Waals surface area (Å²) in [6.07, 6.45) is 4.91. The summed E-state index contributed by atoms with van der Waals surface area (Å²) in [5.74, 6) is 0.910. The molecule has 2 rings (SSSR count). The van der Waals surface area contributed by atoms with Crippen LogP contribution in [0.2, 0.25) is 0 Å². The van der Waals surface area contributed by atoms with Crippen LogP contribution in [-0.2, 0) is 0 Å². The lowest BCUT2D eigenvalue weighted by molar-refractivity contribution is 0.694. The molecule has 0 heterocycles. The van der Waals surface area contributed by atoms with Crippen LogP contribution in [0.15, 0.2) is 29.2 Å². The molecule has 2 heteroatoms. The van der Waals surface area contributed by atoms with E-state index in [1.807, 2.05) is 0 Å². The van der Waals surface area contributed by atoms with Gasteiger partial charge in [0.15, 0.2) is 0 Å². The molecule has 0 aromatic heterocycles. The summed E-state index contributed by atoms with van der Waals surface area (Å²) >= 11 is 1.79. The second-order valence-corrected chi connectivity index (χ2v) is 4.88. The van der Waals surface area contributed by atoms with Crippen LogP contribution < -0.4 is 5.32 Å².